The van der Waals surface area contributed by atoms with Gasteiger partial charge in [-0.05, 0) is 12.8 Å². The van der Waals surface area contributed by atoms with Gasteiger partial charge in [0.1, 0.15) is 0 Å². The molecule has 1 saturated heterocycles. The molecule has 2 heterocycles. The van der Waals surface area contributed by atoms with Crippen molar-refractivity contribution in [3.8, 4) is 6.01 Å². The maximum Gasteiger partial charge on any atom is 0.322 e. The van der Waals surface area contributed by atoms with E-state index in [9.17, 15) is 5.11 Å². The average molecular weight is 225 g/mol. The molecule has 7 heteroatoms. The number of nitrogens with zero attached hydrogens (tertiary/aromatic N) is 4. The van der Waals surface area contributed by atoms with Gasteiger partial charge in [0, 0.05) is 13.1 Å². The van der Waals surface area contributed by atoms with Crippen molar-refractivity contribution in [1.29, 1.82) is 0 Å². The summed E-state index contributed by atoms with van der Waals surface area (Å²) in [6, 6.07) is 0.216. The van der Waals surface area contributed by atoms with E-state index in [-0.39, 0.29) is 18.1 Å². The van der Waals surface area contributed by atoms with Crippen LogP contribution >= 0.6 is 0 Å². The number of methoxy groups -OCH3 is 1. The monoisotopic (exact) mass is 225 g/mol. The minimum absolute atomic E-state index is 0.146. The fraction of sp³-hybridized carbons (Fsp3) is 0.667. The normalized spacial score (nSPS) is 17.5. The van der Waals surface area contributed by atoms with Crippen molar-refractivity contribution in [2.45, 2.75) is 18.9 Å². The Morgan fingerprint density at radius 3 is 2.62 bits per heavy atom. The van der Waals surface area contributed by atoms with Crippen LogP contribution in [0.4, 0.5) is 11.9 Å². The van der Waals surface area contributed by atoms with Gasteiger partial charge in [0.05, 0.1) is 13.2 Å². The molecule has 0 unspecified atom stereocenters. The van der Waals surface area contributed by atoms with Gasteiger partial charge in [-0.25, -0.2) is 0 Å². The van der Waals surface area contributed by atoms with E-state index in [2.05, 4.69) is 15.0 Å². The van der Waals surface area contributed by atoms with Gasteiger partial charge in [-0.1, -0.05) is 0 Å². The fourth-order valence-electron chi connectivity index (χ4n) is 1.66. The summed E-state index contributed by atoms with van der Waals surface area (Å²) in [4.78, 5) is 14.0. The van der Waals surface area contributed by atoms with Crippen LogP contribution in [0.1, 0.15) is 12.8 Å². The number of rotatable bonds is 2. The lowest BCUT2D eigenvalue weighted by atomic mass is 10.1. The topological polar surface area (TPSA) is 97.4 Å². The molecule has 0 amide bonds. The third kappa shape index (κ3) is 2.30. The molecular weight excluding hydrogens is 210 g/mol. The summed E-state index contributed by atoms with van der Waals surface area (Å²) in [6.07, 6.45) is 1.21. The molecule has 16 heavy (non-hydrogen) atoms. The minimum atomic E-state index is -0.225. The number of hydrogen-bond acceptors (Lipinski definition) is 7. The first-order chi connectivity index (χ1) is 7.69. The molecular formula is C9H15N5O2. The van der Waals surface area contributed by atoms with E-state index in [4.69, 9.17) is 10.5 Å². The van der Waals surface area contributed by atoms with E-state index >= 15 is 0 Å². The smallest absolute Gasteiger partial charge is 0.322 e. The Balaban J connectivity index is 2.16. The molecule has 0 spiro atoms. The summed E-state index contributed by atoms with van der Waals surface area (Å²) >= 11 is 0. The quantitative estimate of drug-likeness (QED) is 0.695. The van der Waals surface area contributed by atoms with Crippen LogP contribution in [0.15, 0.2) is 0 Å². The molecule has 0 atom stereocenters. The van der Waals surface area contributed by atoms with Crippen LogP contribution in [0.5, 0.6) is 6.01 Å². The number of aliphatic hydroxyl groups excluding tert-OH is 1. The number of piperidine rings is 1. The van der Waals surface area contributed by atoms with E-state index in [0.29, 0.717) is 31.9 Å². The summed E-state index contributed by atoms with van der Waals surface area (Å²) in [6.45, 7) is 1.43. The fourth-order valence-corrected chi connectivity index (χ4v) is 1.66. The summed E-state index contributed by atoms with van der Waals surface area (Å²) < 4.78 is 4.93. The summed E-state index contributed by atoms with van der Waals surface area (Å²) in [5.74, 6) is 0.657. The largest absolute Gasteiger partial charge is 0.467 e. The van der Waals surface area contributed by atoms with Crippen LogP contribution in [-0.2, 0) is 0 Å². The zero-order valence-electron chi connectivity index (χ0n) is 9.13. The van der Waals surface area contributed by atoms with Crippen molar-refractivity contribution >= 4 is 11.9 Å². The van der Waals surface area contributed by atoms with Gasteiger partial charge in [0.15, 0.2) is 0 Å². The van der Waals surface area contributed by atoms with E-state index in [1.165, 1.54) is 7.11 Å². The predicted molar refractivity (Wildman–Crippen MR) is 58.2 cm³/mol. The van der Waals surface area contributed by atoms with Crippen molar-refractivity contribution in [2.24, 2.45) is 0 Å². The highest BCUT2D eigenvalue weighted by molar-refractivity contribution is 5.36. The Kier molecular flexibility index (Phi) is 3.04. The molecule has 0 radical (unpaired) electrons. The van der Waals surface area contributed by atoms with Crippen molar-refractivity contribution in [3.05, 3.63) is 0 Å². The van der Waals surface area contributed by atoms with Crippen LogP contribution in [-0.4, -0.2) is 46.4 Å². The second-order valence-corrected chi connectivity index (χ2v) is 3.70. The van der Waals surface area contributed by atoms with Crippen LogP contribution in [0.25, 0.3) is 0 Å². The lowest BCUT2D eigenvalue weighted by Gasteiger charge is -2.29. The third-order valence-corrected chi connectivity index (χ3v) is 2.55. The molecule has 1 aromatic heterocycles. The molecule has 3 N–H and O–H groups in total. The SMILES string of the molecule is COc1nc(N)nc(N2CCC(O)CC2)n1. The Morgan fingerprint density at radius 2 is 2.00 bits per heavy atom. The standard InChI is InChI=1S/C9H15N5O2/c1-16-9-12-7(10)11-8(13-9)14-4-2-6(15)3-5-14/h6,15H,2-5H2,1H3,(H2,10,11,12,13). The number of anilines is 2. The highest BCUT2D eigenvalue weighted by atomic mass is 16.5. The molecule has 0 aliphatic carbocycles. The number of aliphatic hydroxyl groups is 1. The zero-order chi connectivity index (χ0) is 11.5. The van der Waals surface area contributed by atoms with Crippen molar-refractivity contribution in [3.63, 3.8) is 0 Å². The minimum Gasteiger partial charge on any atom is -0.467 e. The predicted octanol–water partition coefficient (Wildman–Crippen LogP) is -0.577. The van der Waals surface area contributed by atoms with E-state index in [1.54, 1.807) is 0 Å². The zero-order valence-corrected chi connectivity index (χ0v) is 9.13. The molecule has 1 aliphatic rings. The second-order valence-electron chi connectivity index (χ2n) is 3.70. The van der Waals surface area contributed by atoms with Gasteiger partial charge in [-0.15, -0.1) is 0 Å². The van der Waals surface area contributed by atoms with E-state index in [0.717, 1.165) is 0 Å². The number of aromatic nitrogens is 3. The first kappa shape index (κ1) is 10.9. The number of nitrogen functional groups attached to an aromatic ring is 1. The Morgan fingerprint density at radius 1 is 1.31 bits per heavy atom. The second kappa shape index (κ2) is 4.48. The highest BCUT2D eigenvalue weighted by Crippen LogP contribution is 2.18. The average Bonchev–Trinajstić information content (AvgIpc) is 2.29. The lowest BCUT2D eigenvalue weighted by Crippen LogP contribution is -2.37. The molecule has 1 aliphatic heterocycles. The summed E-state index contributed by atoms with van der Waals surface area (Å²) in [5.41, 5.74) is 5.55. The maximum atomic E-state index is 9.40. The van der Waals surface area contributed by atoms with Crippen molar-refractivity contribution < 1.29 is 9.84 Å². The van der Waals surface area contributed by atoms with Gasteiger partial charge >= 0.3 is 6.01 Å². The first-order valence-corrected chi connectivity index (χ1v) is 5.17. The summed E-state index contributed by atoms with van der Waals surface area (Å²) in [5, 5.41) is 9.40. The van der Waals surface area contributed by atoms with E-state index < -0.39 is 0 Å². The van der Waals surface area contributed by atoms with Gasteiger partial charge in [-0.2, -0.15) is 15.0 Å². The molecule has 7 nitrogen and oxygen atoms in total. The first-order valence-electron chi connectivity index (χ1n) is 5.17. The van der Waals surface area contributed by atoms with Gasteiger partial charge in [0.25, 0.3) is 0 Å². The molecule has 1 fully saturated rings. The van der Waals surface area contributed by atoms with Gasteiger partial charge in [0.2, 0.25) is 11.9 Å². The maximum absolute atomic E-state index is 9.40. The molecule has 2 rings (SSSR count). The Bertz CT molecular complexity index is 365. The van der Waals surface area contributed by atoms with Crippen molar-refractivity contribution in [1.82, 2.24) is 15.0 Å². The molecule has 1 aromatic rings. The molecule has 88 valence electrons. The molecule has 0 saturated carbocycles. The third-order valence-electron chi connectivity index (χ3n) is 2.55. The van der Waals surface area contributed by atoms with Crippen LogP contribution in [0, 0.1) is 0 Å². The van der Waals surface area contributed by atoms with Crippen molar-refractivity contribution in [2.75, 3.05) is 30.8 Å². The van der Waals surface area contributed by atoms with Gasteiger partial charge in [-0.3, -0.25) is 0 Å². The lowest BCUT2D eigenvalue weighted by molar-refractivity contribution is 0.145. The van der Waals surface area contributed by atoms with E-state index in [1.807, 2.05) is 4.90 Å². The summed E-state index contributed by atoms with van der Waals surface area (Å²) in [7, 11) is 1.48. The van der Waals surface area contributed by atoms with Gasteiger partial charge < -0.3 is 20.5 Å². The van der Waals surface area contributed by atoms with Crippen LogP contribution in [0.2, 0.25) is 0 Å². The Labute approximate surface area is 93.3 Å². The molecule has 0 aromatic carbocycles. The number of ether oxygens (including phenoxy) is 1. The number of hydrogen-bond donors (Lipinski definition) is 2. The molecule has 0 bridgehead atoms. The number of nitrogens with two attached hydrogens (primary N) is 1. The Hall–Kier alpha value is -1.63. The van der Waals surface area contributed by atoms with Crippen LogP contribution in [0.3, 0.4) is 0 Å². The highest BCUT2D eigenvalue weighted by Gasteiger charge is 2.20. The van der Waals surface area contributed by atoms with Crippen LogP contribution < -0.4 is 15.4 Å².